The lowest BCUT2D eigenvalue weighted by Crippen LogP contribution is -2.52. The first-order chi connectivity index (χ1) is 15.5. The van der Waals surface area contributed by atoms with Crippen molar-refractivity contribution < 1.29 is 19.8 Å². The molecule has 2 heterocycles. The van der Waals surface area contributed by atoms with Crippen molar-refractivity contribution in [3.63, 3.8) is 0 Å². The minimum atomic E-state index is -1.79. The van der Waals surface area contributed by atoms with Crippen molar-refractivity contribution in [1.29, 1.82) is 0 Å². The molecule has 2 amide bonds. The maximum absolute atomic E-state index is 12.7. The second kappa shape index (κ2) is 10.3. The van der Waals surface area contributed by atoms with Crippen LogP contribution in [0.15, 0.2) is 65.6 Å². The summed E-state index contributed by atoms with van der Waals surface area (Å²) in [5, 5.41) is 23.5. The fourth-order valence-corrected chi connectivity index (χ4v) is 5.31. The standard InChI is InChI=1S/C25H28N2O4S/c28-22(23(29)25(31)27-13-12-18-8-4-5-9-19(18)16-27)24(30)26-15-21-11-10-20(32-21)14-17-6-2-1-3-7-17/h1-10,21-23,28-29H,11-16H2,(H,26,30)/t21?,22-,23-/m1/s1. The number of thioether (sulfide) groups is 1. The number of carbonyl (C=O) groups is 2. The Morgan fingerprint density at radius 3 is 2.53 bits per heavy atom. The normalized spacial score (nSPS) is 19.6. The molecule has 0 fully saturated rings. The van der Waals surface area contributed by atoms with E-state index in [0.717, 1.165) is 18.4 Å². The van der Waals surface area contributed by atoms with Crippen LogP contribution < -0.4 is 5.32 Å². The number of hydrogen-bond donors (Lipinski definition) is 3. The fourth-order valence-electron chi connectivity index (χ4n) is 4.08. The van der Waals surface area contributed by atoms with Crippen molar-refractivity contribution in [1.82, 2.24) is 10.2 Å². The van der Waals surface area contributed by atoms with Crippen LogP contribution in [0.1, 0.15) is 23.1 Å². The quantitative estimate of drug-likeness (QED) is 0.598. The minimum absolute atomic E-state index is 0.177. The van der Waals surface area contributed by atoms with E-state index in [1.807, 2.05) is 42.5 Å². The molecular formula is C25H28N2O4S. The van der Waals surface area contributed by atoms with E-state index < -0.39 is 24.0 Å². The van der Waals surface area contributed by atoms with Crippen molar-refractivity contribution >= 4 is 23.6 Å². The molecule has 32 heavy (non-hydrogen) atoms. The first-order valence-electron chi connectivity index (χ1n) is 10.9. The summed E-state index contributed by atoms with van der Waals surface area (Å²) in [6, 6.07) is 18.0. The molecule has 1 unspecified atom stereocenters. The largest absolute Gasteiger partial charge is 0.380 e. The van der Waals surface area contributed by atoms with E-state index >= 15 is 0 Å². The average molecular weight is 453 g/mol. The van der Waals surface area contributed by atoms with Crippen LogP contribution in [0.4, 0.5) is 0 Å². The number of carbonyl (C=O) groups excluding carboxylic acids is 2. The zero-order valence-corrected chi connectivity index (χ0v) is 18.6. The second-order valence-corrected chi connectivity index (χ2v) is 9.65. The van der Waals surface area contributed by atoms with Crippen LogP contribution in [-0.4, -0.2) is 57.5 Å². The summed E-state index contributed by atoms with van der Waals surface area (Å²) < 4.78 is 0. The topological polar surface area (TPSA) is 89.9 Å². The van der Waals surface area contributed by atoms with Gasteiger partial charge in [0.2, 0.25) is 0 Å². The number of nitrogens with zero attached hydrogens (tertiary/aromatic N) is 1. The highest BCUT2D eigenvalue weighted by molar-refractivity contribution is 8.03. The van der Waals surface area contributed by atoms with E-state index in [-0.39, 0.29) is 5.25 Å². The van der Waals surface area contributed by atoms with E-state index in [2.05, 4.69) is 23.5 Å². The Bertz CT molecular complexity index is 994. The van der Waals surface area contributed by atoms with E-state index in [1.165, 1.54) is 20.9 Å². The summed E-state index contributed by atoms with van der Waals surface area (Å²) in [6.45, 7) is 1.19. The first-order valence-corrected chi connectivity index (χ1v) is 11.8. The van der Waals surface area contributed by atoms with Gasteiger partial charge in [-0.25, -0.2) is 0 Å². The highest BCUT2D eigenvalue weighted by atomic mass is 32.2. The third-order valence-electron chi connectivity index (χ3n) is 5.91. The highest BCUT2D eigenvalue weighted by Crippen LogP contribution is 2.34. The smallest absolute Gasteiger partial charge is 0.255 e. The van der Waals surface area contributed by atoms with Crippen LogP contribution in [0.2, 0.25) is 0 Å². The molecule has 0 aromatic heterocycles. The molecule has 2 aliphatic heterocycles. The van der Waals surface area contributed by atoms with Gasteiger partial charge in [0.05, 0.1) is 0 Å². The highest BCUT2D eigenvalue weighted by Gasteiger charge is 2.34. The van der Waals surface area contributed by atoms with Crippen LogP contribution in [0.5, 0.6) is 0 Å². The van der Waals surface area contributed by atoms with Gasteiger partial charge < -0.3 is 20.4 Å². The maximum Gasteiger partial charge on any atom is 0.255 e. The van der Waals surface area contributed by atoms with E-state index in [0.29, 0.717) is 26.1 Å². The Balaban J connectivity index is 1.23. The summed E-state index contributed by atoms with van der Waals surface area (Å²) in [5.41, 5.74) is 3.45. The molecule has 0 saturated heterocycles. The van der Waals surface area contributed by atoms with Gasteiger partial charge in [0, 0.05) is 31.3 Å². The molecule has 2 aliphatic rings. The van der Waals surface area contributed by atoms with Gasteiger partial charge in [-0.05, 0) is 34.4 Å². The Morgan fingerprint density at radius 1 is 1.03 bits per heavy atom. The van der Waals surface area contributed by atoms with Crippen LogP contribution in [0, 0.1) is 0 Å². The Kier molecular flexibility index (Phi) is 7.29. The number of allylic oxidation sites excluding steroid dienone is 2. The molecule has 0 radical (unpaired) electrons. The lowest BCUT2D eigenvalue weighted by Gasteiger charge is -2.31. The summed E-state index contributed by atoms with van der Waals surface area (Å²) in [7, 11) is 0. The Hall–Kier alpha value is -2.61. The SMILES string of the molecule is O=C(NCC1CC=C(Cc2ccccc2)S1)[C@H](O)[C@@H](O)C(=O)N1CCc2ccccc2C1. The molecule has 2 aromatic carbocycles. The fraction of sp³-hybridized carbons (Fsp3) is 0.360. The molecule has 0 aliphatic carbocycles. The average Bonchev–Trinajstić information content (AvgIpc) is 3.28. The lowest BCUT2D eigenvalue weighted by molar-refractivity contribution is -0.153. The van der Waals surface area contributed by atoms with Gasteiger partial charge in [-0.15, -0.1) is 11.8 Å². The van der Waals surface area contributed by atoms with Crippen molar-refractivity contribution in [3.05, 3.63) is 82.3 Å². The molecule has 7 heteroatoms. The molecule has 4 rings (SSSR count). The third kappa shape index (κ3) is 5.41. The summed E-state index contributed by atoms with van der Waals surface area (Å²) >= 11 is 1.72. The molecule has 3 N–H and O–H groups in total. The molecule has 168 valence electrons. The minimum Gasteiger partial charge on any atom is -0.380 e. The van der Waals surface area contributed by atoms with Gasteiger partial charge in [-0.1, -0.05) is 60.7 Å². The molecule has 0 spiro atoms. The van der Waals surface area contributed by atoms with Gasteiger partial charge in [-0.2, -0.15) is 0 Å². The zero-order valence-electron chi connectivity index (χ0n) is 17.8. The number of nitrogens with one attached hydrogen (secondary N) is 1. The van der Waals surface area contributed by atoms with E-state index in [1.54, 1.807) is 11.8 Å². The Morgan fingerprint density at radius 2 is 1.75 bits per heavy atom. The molecular weight excluding hydrogens is 424 g/mol. The van der Waals surface area contributed by atoms with Crippen molar-refractivity contribution in [2.24, 2.45) is 0 Å². The second-order valence-electron chi connectivity index (χ2n) is 8.22. The predicted molar refractivity (Wildman–Crippen MR) is 125 cm³/mol. The summed E-state index contributed by atoms with van der Waals surface area (Å²) in [4.78, 5) is 27.8. The third-order valence-corrected chi connectivity index (χ3v) is 7.22. The number of aliphatic hydroxyl groups is 2. The van der Waals surface area contributed by atoms with Crippen LogP contribution >= 0.6 is 11.8 Å². The maximum atomic E-state index is 12.7. The van der Waals surface area contributed by atoms with Gasteiger partial charge in [0.25, 0.3) is 11.8 Å². The number of amides is 2. The molecule has 3 atom stereocenters. The summed E-state index contributed by atoms with van der Waals surface area (Å²) in [6.07, 6.45) is 1.000. The molecule has 6 nitrogen and oxygen atoms in total. The van der Waals surface area contributed by atoms with Gasteiger partial charge in [-0.3, -0.25) is 9.59 Å². The van der Waals surface area contributed by atoms with Gasteiger partial charge in [0.15, 0.2) is 12.2 Å². The lowest BCUT2D eigenvalue weighted by atomic mass is 9.99. The summed E-state index contributed by atoms with van der Waals surface area (Å²) in [5.74, 6) is -1.34. The monoisotopic (exact) mass is 452 g/mol. The number of fused-ring (bicyclic) bond motifs is 1. The van der Waals surface area contributed by atoms with E-state index in [4.69, 9.17) is 0 Å². The number of aliphatic hydroxyl groups excluding tert-OH is 2. The van der Waals surface area contributed by atoms with Crippen LogP contribution in [0.25, 0.3) is 0 Å². The van der Waals surface area contributed by atoms with Gasteiger partial charge >= 0.3 is 0 Å². The number of benzene rings is 2. The van der Waals surface area contributed by atoms with Gasteiger partial charge in [0.1, 0.15) is 0 Å². The van der Waals surface area contributed by atoms with Crippen molar-refractivity contribution in [2.45, 2.75) is 43.3 Å². The predicted octanol–water partition coefficient (Wildman–Crippen LogP) is 2.04. The molecule has 0 saturated carbocycles. The number of rotatable bonds is 7. The zero-order chi connectivity index (χ0) is 22.5. The molecule has 2 aromatic rings. The Labute approximate surface area is 192 Å². The van der Waals surface area contributed by atoms with E-state index in [9.17, 15) is 19.8 Å². The van der Waals surface area contributed by atoms with Crippen LogP contribution in [-0.2, 0) is 29.0 Å². The van der Waals surface area contributed by atoms with Crippen LogP contribution in [0.3, 0.4) is 0 Å². The molecule has 0 bridgehead atoms. The number of hydrogen-bond acceptors (Lipinski definition) is 5. The first kappa shape index (κ1) is 22.6. The van der Waals surface area contributed by atoms with Crippen molar-refractivity contribution in [2.75, 3.05) is 13.1 Å². The van der Waals surface area contributed by atoms with Crippen molar-refractivity contribution in [3.8, 4) is 0 Å².